The Kier molecular flexibility index (Phi) is 5.77. The van der Waals surface area contributed by atoms with Gasteiger partial charge in [-0.3, -0.25) is 14.6 Å². The summed E-state index contributed by atoms with van der Waals surface area (Å²) in [5, 5.41) is 11.2. The number of ketones is 1. The minimum atomic E-state index is -0.703. The quantitative estimate of drug-likeness (QED) is 0.372. The molecule has 1 unspecified atom stereocenters. The third-order valence-corrected chi connectivity index (χ3v) is 5.67. The lowest BCUT2D eigenvalue weighted by Gasteiger charge is -2.25. The first-order valence-corrected chi connectivity index (χ1v) is 10.3. The highest BCUT2D eigenvalue weighted by Gasteiger charge is 2.46. The standard InChI is InChI=1S/C26H24N2O4/c1-16-5-4-6-19(13-16)23-22(24(29)20-7-8-21(32-3)17(2)14-20)25(30)26(31)28(23)15-18-9-11-27-12-10-18/h4-14,23,29H,15H2,1-3H3/b24-22-. The van der Waals surface area contributed by atoms with Gasteiger partial charge in [0.25, 0.3) is 11.7 Å². The van der Waals surface area contributed by atoms with Gasteiger partial charge in [0, 0.05) is 24.5 Å². The number of hydrogen-bond donors (Lipinski definition) is 1. The van der Waals surface area contributed by atoms with E-state index in [4.69, 9.17) is 4.74 Å². The summed E-state index contributed by atoms with van der Waals surface area (Å²) in [6.45, 7) is 4.03. The molecule has 6 nitrogen and oxygen atoms in total. The van der Waals surface area contributed by atoms with E-state index in [1.54, 1.807) is 49.8 Å². The molecule has 1 aliphatic rings. The van der Waals surface area contributed by atoms with Crippen molar-refractivity contribution in [3.8, 4) is 5.75 Å². The number of aryl methyl sites for hydroxylation is 2. The summed E-state index contributed by atoms with van der Waals surface area (Å²) < 4.78 is 5.30. The van der Waals surface area contributed by atoms with Crippen LogP contribution in [-0.2, 0) is 16.1 Å². The Labute approximate surface area is 186 Å². The van der Waals surface area contributed by atoms with Gasteiger partial charge < -0.3 is 14.7 Å². The molecule has 0 aliphatic carbocycles. The number of methoxy groups -OCH3 is 1. The van der Waals surface area contributed by atoms with E-state index in [2.05, 4.69) is 4.98 Å². The largest absolute Gasteiger partial charge is 0.507 e. The molecular weight excluding hydrogens is 404 g/mol. The minimum absolute atomic E-state index is 0.0826. The molecule has 1 atom stereocenters. The van der Waals surface area contributed by atoms with E-state index in [0.717, 1.165) is 22.3 Å². The highest BCUT2D eigenvalue weighted by molar-refractivity contribution is 6.46. The number of ether oxygens (including phenoxy) is 1. The van der Waals surface area contributed by atoms with E-state index in [0.29, 0.717) is 11.3 Å². The molecule has 4 rings (SSSR count). The molecule has 0 radical (unpaired) electrons. The van der Waals surface area contributed by atoms with Crippen LogP contribution in [0.15, 0.2) is 72.6 Å². The topological polar surface area (TPSA) is 79.7 Å². The first-order chi connectivity index (χ1) is 15.4. The van der Waals surface area contributed by atoms with Crippen LogP contribution >= 0.6 is 0 Å². The highest BCUT2D eigenvalue weighted by Crippen LogP contribution is 2.40. The predicted octanol–water partition coefficient (Wildman–Crippen LogP) is 4.33. The third-order valence-electron chi connectivity index (χ3n) is 5.67. The zero-order valence-electron chi connectivity index (χ0n) is 18.2. The normalized spacial score (nSPS) is 17.6. The molecule has 0 saturated carbocycles. The van der Waals surface area contributed by atoms with Crippen molar-refractivity contribution in [3.05, 3.63) is 100 Å². The Balaban J connectivity index is 1.87. The maximum absolute atomic E-state index is 13.2. The van der Waals surface area contributed by atoms with Crippen molar-refractivity contribution in [2.45, 2.75) is 26.4 Å². The SMILES string of the molecule is COc1ccc(/C(O)=C2/C(=O)C(=O)N(Cc3ccncc3)C2c2cccc(C)c2)cc1C. The molecule has 32 heavy (non-hydrogen) atoms. The van der Waals surface area contributed by atoms with Gasteiger partial charge in [-0.15, -0.1) is 0 Å². The van der Waals surface area contributed by atoms with E-state index in [-0.39, 0.29) is 17.9 Å². The van der Waals surface area contributed by atoms with E-state index in [9.17, 15) is 14.7 Å². The van der Waals surface area contributed by atoms with Crippen LogP contribution in [0.5, 0.6) is 5.75 Å². The van der Waals surface area contributed by atoms with Crippen LogP contribution in [0, 0.1) is 13.8 Å². The molecule has 2 heterocycles. The molecule has 1 amide bonds. The average molecular weight is 428 g/mol. The number of hydrogen-bond acceptors (Lipinski definition) is 5. The number of Topliss-reactive ketones (excluding diaryl/α,β-unsaturated/α-hetero) is 1. The summed E-state index contributed by atoms with van der Waals surface area (Å²) in [6, 6.07) is 15.7. The fourth-order valence-corrected chi connectivity index (χ4v) is 4.10. The lowest BCUT2D eigenvalue weighted by molar-refractivity contribution is -0.140. The molecule has 162 valence electrons. The molecule has 0 spiro atoms. The van der Waals surface area contributed by atoms with Gasteiger partial charge in [0.05, 0.1) is 18.7 Å². The molecular formula is C26H24N2O4. The molecule has 0 bridgehead atoms. The fraction of sp³-hybridized carbons (Fsp3) is 0.192. The number of carbonyl (C=O) groups is 2. The second-order valence-corrected chi connectivity index (χ2v) is 7.88. The van der Waals surface area contributed by atoms with Crippen LogP contribution in [0.4, 0.5) is 0 Å². The summed E-state index contributed by atoms with van der Waals surface area (Å²) in [5.74, 6) is -0.857. The molecule has 2 aromatic carbocycles. The number of aliphatic hydroxyl groups excluding tert-OH is 1. The second kappa shape index (κ2) is 8.67. The maximum atomic E-state index is 13.2. The first kappa shape index (κ1) is 21.3. The van der Waals surface area contributed by atoms with Gasteiger partial charge in [0.2, 0.25) is 0 Å². The number of aliphatic hydroxyl groups is 1. The zero-order valence-corrected chi connectivity index (χ0v) is 18.2. The molecule has 1 aromatic heterocycles. The number of pyridine rings is 1. The van der Waals surface area contributed by atoms with Crippen LogP contribution in [-0.4, -0.2) is 33.8 Å². The van der Waals surface area contributed by atoms with Crippen molar-refractivity contribution >= 4 is 17.4 Å². The lowest BCUT2D eigenvalue weighted by atomic mass is 9.94. The van der Waals surface area contributed by atoms with Gasteiger partial charge in [-0.25, -0.2) is 0 Å². The van der Waals surface area contributed by atoms with Crippen molar-refractivity contribution in [2.75, 3.05) is 7.11 Å². The van der Waals surface area contributed by atoms with Crippen LogP contribution in [0.2, 0.25) is 0 Å². The molecule has 6 heteroatoms. The number of amides is 1. The molecule has 1 saturated heterocycles. The summed E-state index contributed by atoms with van der Waals surface area (Å²) >= 11 is 0. The number of aromatic nitrogens is 1. The lowest BCUT2D eigenvalue weighted by Crippen LogP contribution is -2.29. The van der Waals surface area contributed by atoms with E-state index in [1.165, 1.54) is 4.90 Å². The van der Waals surface area contributed by atoms with Crippen LogP contribution in [0.3, 0.4) is 0 Å². The van der Waals surface area contributed by atoms with Crippen molar-refractivity contribution in [1.82, 2.24) is 9.88 Å². The zero-order chi connectivity index (χ0) is 22.8. The average Bonchev–Trinajstić information content (AvgIpc) is 3.04. The molecule has 3 aromatic rings. The van der Waals surface area contributed by atoms with Crippen molar-refractivity contribution < 1.29 is 19.4 Å². The van der Waals surface area contributed by atoms with Crippen molar-refractivity contribution in [3.63, 3.8) is 0 Å². The van der Waals surface area contributed by atoms with Crippen LogP contribution in [0.25, 0.3) is 5.76 Å². The van der Waals surface area contributed by atoms with E-state index < -0.39 is 17.7 Å². The highest BCUT2D eigenvalue weighted by atomic mass is 16.5. The first-order valence-electron chi connectivity index (χ1n) is 10.3. The third kappa shape index (κ3) is 3.87. The Morgan fingerprint density at radius 2 is 1.81 bits per heavy atom. The molecule has 1 fully saturated rings. The van der Waals surface area contributed by atoms with Gasteiger partial charge in [-0.1, -0.05) is 29.8 Å². The van der Waals surface area contributed by atoms with Gasteiger partial charge in [0.15, 0.2) is 0 Å². The predicted molar refractivity (Wildman–Crippen MR) is 121 cm³/mol. The Morgan fingerprint density at radius 3 is 2.47 bits per heavy atom. The Hall–Kier alpha value is -3.93. The van der Waals surface area contributed by atoms with Gasteiger partial charge in [-0.2, -0.15) is 0 Å². The van der Waals surface area contributed by atoms with E-state index >= 15 is 0 Å². The van der Waals surface area contributed by atoms with Crippen LogP contribution < -0.4 is 4.74 Å². The van der Waals surface area contributed by atoms with Gasteiger partial charge in [0.1, 0.15) is 11.5 Å². The summed E-state index contributed by atoms with van der Waals surface area (Å²) in [7, 11) is 1.57. The number of rotatable bonds is 5. The smallest absolute Gasteiger partial charge is 0.295 e. The molecule has 1 aliphatic heterocycles. The van der Waals surface area contributed by atoms with E-state index in [1.807, 2.05) is 38.1 Å². The fourth-order valence-electron chi connectivity index (χ4n) is 4.10. The number of benzene rings is 2. The number of nitrogens with zero attached hydrogens (tertiary/aromatic N) is 2. The van der Waals surface area contributed by atoms with Gasteiger partial charge in [-0.05, 0) is 60.9 Å². The Bertz CT molecular complexity index is 1220. The number of likely N-dealkylation sites (tertiary alicyclic amines) is 1. The van der Waals surface area contributed by atoms with Gasteiger partial charge >= 0.3 is 0 Å². The van der Waals surface area contributed by atoms with Crippen LogP contribution in [0.1, 0.15) is 33.9 Å². The molecule has 1 N–H and O–H groups in total. The summed E-state index contributed by atoms with van der Waals surface area (Å²) in [6.07, 6.45) is 3.29. The maximum Gasteiger partial charge on any atom is 0.295 e. The second-order valence-electron chi connectivity index (χ2n) is 7.88. The van der Waals surface area contributed by atoms with Crippen molar-refractivity contribution in [2.24, 2.45) is 0 Å². The number of carbonyl (C=O) groups excluding carboxylic acids is 2. The van der Waals surface area contributed by atoms with Crippen molar-refractivity contribution in [1.29, 1.82) is 0 Å². The summed E-state index contributed by atoms with van der Waals surface area (Å²) in [4.78, 5) is 31.8. The monoisotopic (exact) mass is 428 g/mol. The minimum Gasteiger partial charge on any atom is -0.507 e. The summed E-state index contributed by atoms with van der Waals surface area (Å²) in [5.41, 5.74) is 3.97. The Morgan fingerprint density at radius 1 is 1.06 bits per heavy atom.